The minimum Gasteiger partial charge on any atom is -0.378 e. The molecule has 1 aromatic rings. The Morgan fingerprint density at radius 1 is 0.909 bits per heavy atom. The summed E-state index contributed by atoms with van der Waals surface area (Å²) < 4.78 is 18.3. The quantitative estimate of drug-likeness (QED) is 0.793. The van der Waals surface area contributed by atoms with E-state index in [-0.39, 0.29) is 11.8 Å². The lowest BCUT2D eigenvalue weighted by atomic mass is 10.2. The smallest absolute Gasteiger partial charge is 0.320 e. The summed E-state index contributed by atoms with van der Waals surface area (Å²) in [5, 5.41) is 0. The fraction of sp³-hybridized carbons (Fsp3) is 0.562. The van der Waals surface area contributed by atoms with Gasteiger partial charge >= 0.3 is 6.03 Å². The Balaban J connectivity index is 1.59. The van der Waals surface area contributed by atoms with E-state index in [1.807, 2.05) is 9.80 Å². The Labute approximate surface area is 130 Å². The van der Waals surface area contributed by atoms with Gasteiger partial charge in [0, 0.05) is 45.0 Å². The average Bonchev–Trinajstić information content (AvgIpc) is 2.82. The van der Waals surface area contributed by atoms with Crippen LogP contribution in [-0.2, 0) is 4.74 Å². The maximum atomic E-state index is 13.0. The van der Waals surface area contributed by atoms with Gasteiger partial charge in [-0.25, -0.2) is 9.18 Å². The minimum atomic E-state index is -0.220. The predicted molar refractivity (Wildman–Crippen MR) is 82.6 cm³/mol. The topological polar surface area (TPSA) is 36.0 Å². The SMILES string of the molecule is O=C(N1CCOCC1)N1CCCN(c2ccc(F)cc2)CC1. The van der Waals surface area contributed by atoms with Crippen molar-refractivity contribution in [1.29, 1.82) is 0 Å². The van der Waals surface area contributed by atoms with Gasteiger partial charge in [-0.2, -0.15) is 0 Å². The molecule has 2 heterocycles. The highest BCUT2D eigenvalue weighted by atomic mass is 19.1. The van der Waals surface area contributed by atoms with Crippen molar-refractivity contribution in [2.24, 2.45) is 0 Å². The average molecular weight is 307 g/mol. The molecule has 0 radical (unpaired) electrons. The number of benzene rings is 1. The lowest BCUT2D eigenvalue weighted by Gasteiger charge is -2.32. The van der Waals surface area contributed by atoms with Crippen LogP contribution in [-0.4, -0.2) is 68.3 Å². The van der Waals surface area contributed by atoms with Crippen molar-refractivity contribution >= 4 is 11.7 Å². The van der Waals surface area contributed by atoms with E-state index in [4.69, 9.17) is 4.74 Å². The lowest BCUT2D eigenvalue weighted by Crippen LogP contribution is -2.49. The van der Waals surface area contributed by atoms with E-state index in [0.717, 1.165) is 31.7 Å². The summed E-state index contributed by atoms with van der Waals surface area (Å²) in [6, 6.07) is 6.68. The van der Waals surface area contributed by atoms with Gasteiger partial charge in [-0.05, 0) is 30.7 Å². The van der Waals surface area contributed by atoms with Gasteiger partial charge in [0.05, 0.1) is 13.2 Å². The van der Waals surface area contributed by atoms with Crippen LogP contribution in [0, 0.1) is 5.82 Å². The van der Waals surface area contributed by atoms with Crippen LogP contribution in [0.3, 0.4) is 0 Å². The molecule has 2 aliphatic rings. The zero-order valence-electron chi connectivity index (χ0n) is 12.7. The number of hydrogen-bond acceptors (Lipinski definition) is 3. The summed E-state index contributed by atoms with van der Waals surface area (Å²) >= 11 is 0. The number of anilines is 1. The van der Waals surface area contributed by atoms with Crippen molar-refractivity contribution < 1.29 is 13.9 Å². The second-order valence-electron chi connectivity index (χ2n) is 5.69. The molecule has 2 amide bonds. The number of halogens is 1. The van der Waals surface area contributed by atoms with Crippen LogP contribution in [0.25, 0.3) is 0 Å². The molecule has 3 rings (SSSR count). The van der Waals surface area contributed by atoms with Crippen LogP contribution in [0.15, 0.2) is 24.3 Å². The molecule has 0 atom stereocenters. The van der Waals surface area contributed by atoms with Crippen LogP contribution in [0.4, 0.5) is 14.9 Å². The van der Waals surface area contributed by atoms with E-state index in [2.05, 4.69) is 4.90 Å². The Morgan fingerprint density at radius 2 is 1.59 bits per heavy atom. The highest BCUT2D eigenvalue weighted by Gasteiger charge is 2.25. The summed E-state index contributed by atoms with van der Waals surface area (Å²) in [7, 11) is 0. The van der Waals surface area contributed by atoms with Crippen molar-refractivity contribution in [2.45, 2.75) is 6.42 Å². The lowest BCUT2D eigenvalue weighted by molar-refractivity contribution is 0.0438. The molecule has 0 N–H and O–H groups in total. The van der Waals surface area contributed by atoms with E-state index >= 15 is 0 Å². The van der Waals surface area contributed by atoms with Gasteiger partial charge in [0.2, 0.25) is 0 Å². The Morgan fingerprint density at radius 3 is 2.32 bits per heavy atom. The zero-order chi connectivity index (χ0) is 15.4. The number of carbonyl (C=O) groups is 1. The van der Waals surface area contributed by atoms with E-state index in [1.165, 1.54) is 12.1 Å². The molecule has 2 saturated heterocycles. The molecule has 0 unspecified atom stereocenters. The minimum absolute atomic E-state index is 0.115. The number of morpholine rings is 1. The number of amides is 2. The number of hydrogen-bond donors (Lipinski definition) is 0. The van der Waals surface area contributed by atoms with Gasteiger partial charge in [-0.1, -0.05) is 0 Å². The van der Waals surface area contributed by atoms with Crippen LogP contribution < -0.4 is 4.90 Å². The summed E-state index contributed by atoms with van der Waals surface area (Å²) in [5.41, 5.74) is 1.02. The first-order chi connectivity index (χ1) is 10.7. The van der Waals surface area contributed by atoms with Crippen molar-refractivity contribution in [1.82, 2.24) is 9.80 Å². The fourth-order valence-electron chi connectivity index (χ4n) is 2.97. The molecule has 1 aromatic carbocycles. The molecule has 5 nitrogen and oxygen atoms in total. The van der Waals surface area contributed by atoms with Gasteiger partial charge in [0.1, 0.15) is 5.82 Å². The molecule has 2 aliphatic heterocycles. The van der Waals surface area contributed by atoms with Crippen LogP contribution >= 0.6 is 0 Å². The molecule has 120 valence electrons. The maximum Gasteiger partial charge on any atom is 0.320 e. The van der Waals surface area contributed by atoms with Crippen LogP contribution in [0.5, 0.6) is 0 Å². The molecule has 0 aliphatic carbocycles. The number of nitrogens with zero attached hydrogens (tertiary/aromatic N) is 3. The summed E-state index contributed by atoms with van der Waals surface area (Å²) in [5.74, 6) is -0.220. The molecular weight excluding hydrogens is 285 g/mol. The van der Waals surface area contributed by atoms with Gasteiger partial charge in [-0.3, -0.25) is 0 Å². The first-order valence-corrected chi connectivity index (χ1v) is 7.86. The first-order valence-electron chi connectivity index (χ1n) is 7.86. The molecule has 0 aromatic heterocycles. The Kier molecular flexibility index (Phi) is 4.77. The number of carbonyl (C=O) groups excluding carboxylic acids is 1. The normalized spacial score (nSPS) is 20.0. The molecule has 0 bridgehead atoms. The molecular formula is C16H22FN3O2. The predicted octanol–water partition coefficient (Wildman–Crippen LogP) is 1.79. The van der Waals surface area contributed by atoms with Crippen molar-refractivity contribution in [3.05, 3.63) is 30.1 Å². The molecule has 0 saturated carbocycles. The molecule has 0 spiro atoms. The second kappa shape index (κ2) is 6.96. The van der Waals surface area contributed by atoms with Crippen molar-refractivity contribution in [3.63, 3.8) is 0 Å². The van der Waals surface area contributed by atoms with Gasteiger partial charge in [0.15, 0.2) is 0 Å². The summed E-state index contributed by atoms with van der Waals surface area (Å²) in [6.07, 6.45) is 0.924. The number of rotatable bonds is 1. The maximum absolute atomic E-state index is 13.0. The standard InChI is InChI=1S/C16H22FN3O2/c17-14-2-4-15(5-3-14)18-6-1-7-19(9-8-18)16(21)20-10-12-22-13-11-20/h2-5H,1,6-13H2. The summed E-state index contributed by atoms with van der Waals surface area (Å²) in [6.45, 7) is 5.75. The second-order valence-corrected chi connectivity index (χ2v) is 5.69. The third kappa shape index (κ3) is 3.50. The molecule has 2 fully saturated rings. The van der Waals surface area contributed by atoms with E-state index in [0.29, 0.717) is 32.8 Å². The highest BCUT2D eigenvalue weighted by molar-refractivity contribution is 5.74. The van der Waals surface area contributed by atoms with E-state index in [1.54, 1.807) is 12.1 Å². The fourth-order valence-corrected chi connectivity index (χ4v) is 2.97. The molecule has 22 heavy (non-hydrogen) atoms. The monoisotopic (exact) mass is 307 g/mol. The van der Waals surface area contributed by atoms with Crippen molar-refractivity contribution in [2.75, 3.05) is 57.4 Å². The number of urea groups is 1. The van der Waals surface area contributed by atoms with Gasteiger partial charge in [0.25, 0.3) is 0 Å². The Bertz CT molecular complexity index is 503. The Hall–Kier alpha value is -1.82. The number of ether oxygens (including phenoxy) is 1. The van der Waals surface area contributed by atoms with Gasteiger partial charge < -0.3 is 19.4 Å². The van der Waals surface area contributed by atoms with Crippen molar-refractivity contribution in [3.8, 4) is 0 Å². The zero-order valence-corrected chi connectivity index (χ0v) is 12.7. The largest absolute Gasteiger partial charge is 0.378 e. The van der Waals surface area contributed by atoms with E-state index < -0.39 is 0 Å². The van der Waals surface area contributed by atoms with Crippen LogP contribution in [0.2, 0.25) is 0 Å². The first kappa shape index (κ1) is 15.1. The molecule has 6 heteroatoms. The van der Waals surface area contributed by atoms with Gasteiger partial charge in [-0.15, -0.1) is 0 Å². The third-order valence-electron chi connectivity index (χ3n) is 4.24. The summed E-state index contributed by atoms with van der Waals surface area (Å²) in [4.78, 5) is 18.5. The van der Waals surface area contributed by atoms with E-state index in [9.17, 15) is 9.18 Å². The van der Waals surface area contributed by atoms with Crippen LogP contribution in [0.1, 0.15) is 6.42 Å². The highest BCUT2D eigenvalue weighted by Crippen LogP contribution is 2.17. The third-order valence-corrected chi connectivity index (χ3v) is 4.24.